The molecule has 1 heterocycles. The first-order chi connectivity index (χ1) is 8.58. The van der Waals surface area contributed by atoms with Crippen LogP contribution in [0.15, 0.2) is 4.90 Å². The maximum atomic E-state index is 12.3. The van der Waals surface area contributed by atoms with Crippen LogP contribution in [0.2, 0.25) is 0 Å². The average Bonchev–Trinajstić information content (AvgIpc) is 2.58. The number of sulfone groups is 1. The van der Waals surface area contributed by atoms with Gasteiger partial charge in [0.15, 0.2) is 15.7 Å². The number of nitrogen functional groups attached to an aromatic ring is 1. The number of rotatable bonds is 5. The van der Waals surface area contributed by atoms with Gasteiger partial charge >= 0.3 is 0 Å². The molecule has 0 aliphatic carbocycles. The van der Waals surface area contributed by atoms with Crippen molar-refractivity contribution in [2.45, 2.75) is 39.0 Å². The van der Waals surface area contributed by atoms with E-state index in [1.807, 2.05) is 18.9 Å². The van der Waals surface area contributed by atoms with Crippen molar-refractivity contribution >= 4 is 32.2 Å². The van der Waals surface area contributed by atoms with Gasteiger partial charge in [0, 0.05) is 13.6 Å². The van der Waals surface area contributed by atoms with E-state index in [1.54, 1.807) is 0 Å². The second-order valence-corrected chi connectivity index (χ2v) is 8.74. The predicted octanol–water partition coefficient (Wildman–Crippen LogP) is 2.39. The van der Waals surface area contributed by atoms with Crippen LogP contribution in [0.5, 0.6) is 0 Å². The van der Waals surface area contributed by atoms with Crippen LogP contribution in [0.3, 0.4) is 0 Å². The van der Waals surface area contributed by atoms with Gasteiger partial charge in [0.1, 0.15) is 9.90 Å². The highest BCUT2D eigenvalue weighted by molar-refractivity contribution is 7.91. The van der Waals surface area contributed by atoms with Crippen LogP contribution in [0.1, 0.15) is 34.1 Å². The van der Waals surface area contributed by atoms with Crippen molar-refractivity contribution in [3.63, 3.8) is 0 Å². The highest BCUT2D eigenvalue weighted by atomic mass is 32.2. The summed E-state index contributed by atoms with van der Waals surface area (Å²) in [6.45, 7) is 8.89. The monoisotopic (exact) mass is 305 g/mol. The minimum Gasteiger partial charge on any atom is -0.382 e. The Morgan fingerprint density at radius 3 is 2.42 bits per heavy atom. The Bertz CT molecular complexity index is 530. The third kappa shape index (κ3) is 4.07. The van der Waals surface area contributed by atoms with Crippen LogP contribution in [0.25, 0.3) is 0 Å². The highest BCUT2D eigenvalue weighted by Crippen LogP contribution is 2.36. The van der Waals surface area contributed by atoms with Gasteiger partial charge in [-0.05, 0) is 23.4 Å². The number of aromatic nitrogens is 1. The fraction of sp³-hybridized carbons (Fsp3) is 0.750. The molecule has 1 aromatic heterocycles. The zero-order chi connectivity index (χ0) is 14.8. The topological polar surface area (TPSA) is 76.3 Å². The molecule has 2 N–H and O–H groups in total. The summed E-state index contributed by atoms with van der Waals surface area (Å²) in [5.74, 6) is 0.223. The summed E-state index contributed by atoms with van der Waals surface area (Å²) in [5, 5.41) is 0.640. The van der Waals surface area contributed by atoms with E-state index in [-0.39, 0.29) is 21.9 Å². The van der Waals surface area contributed by atoms with E-state index in [9.17, 15) is 8.42 Å². The lowest BCUT2D eigenvalue weighted by Gasteiger charge is -2.27. The van der Waals surface area contributed by atoms with Gasteiger partial charge in [-0.2, -0.15) is 4.37 Å². The van der Waals surface area contributed by atoms with E-state index < -0.39 is 9.84 Å². The Balaban J connectivity index is 3.18. The molecule has 7 heteroatoms. The molecule has 1 rings (SSSR count). The highest BCUT2D eigenvalue weighted by Gasteiger charge is 2.28. The largest absolute Gasteiger partial charge is 0.382 e. The minimum absolute atomic E-state index is 0.0687. The quantitative estimate of drug-likeness (QED) is 0.904. The van der Waals surface area contributed by atoms with Crippen LogP contribution >= 0.6 is 11.5 Å². The lowest BCUT2D eigenvalue weighted by Crippen LogP contribution is -2.29. The van der Waals surface area contributed by atoms with Crippen molar-refractivity contribution in [3.8, 4) is 0 Å². The molecule has 0 unspecified atom stereocenters. The summed E-state index contributed by atoms with van der Waals surface area (Å²) >= 11 is 1.15. The maximum absolute atomic E-state index is 12.3. The molecule has 0 bridgehead atoms. The van der Waals surface area contributed by atoms with Crippen molar-refractivity contribution in [3.05, 3.63) is 0 Å². The first kappa shape index (κ1) is 16.2. The molecule has 5 nitrogen and oxygen atoms in total. The zero-order valence-corrected chi connectivity index (χ0v) is 13.9. The summed E-state index contributed by atoms with van der Waals surface area (Å²) in [6.07, 6.45) is 0.569. The lowest BCUT2D eigenvalue weighted by atomic mass is 9.96. The van der Waals surface area contributed by atoms with Gasteiger partial charge in [0.25, 0.3) is 0 Å². The second-order valence-electron chi connectivity index (χ2n) is 5.94. The van der Waals surface area contributed by atoms with Crippen molar-refractivity contribution in [2.24, 2.45) is 5.41 Å². The average molecular weight is 305 g/mol. The van der Waals surface area contributed by atoms with Gasteiger partial charge in [0.2, 0.25) is 0 Å². The maximum Gasteiger partial charge on any atom is 0.185 e. The molecule has 19 heavy (non-hydrogen) atoms. The fourth-order valence-electron chi connectivity index (χ4n) is 1.97. The summed E-state index contributed by atoms with van der Waals surface area (Å²) in [6, 6.07) is 0. The van der Waals surface area contributed by atoms with Crippen molar-refractivity contribution in [2.75, 3.05) is 30.0 Å². The number of hydrogen-bond acceptors (Lipinski definition) is 6. The molecule has 0 fully saturated rings. The smallest absolute Gasteiger partial charge is 0.185 e. The molecule has 0 aromatic carbocycles. The van der Waals surface area contributed by atoms with Gasteiger partial charge < -0.3 is 10.6 Å². The van der Waals surface area contributed by atoms with Gasteiger partial charge in [0.05, 0.1) is 5.75 Å². The van der Waals surface area contributed by atoms with Crippen LogP contribution in [-0.2, 0) is 9.84 Å². The van der Waals surface area contributed by atoms with Crippen LogP contribution in [0, 0.1) is 5.41 Å². The number of nitrogens with zero attached hydrogens (tertiary/aromatic N) is 2. The van der Waals surface area contributed by atoms with E-state index >= 15 is 0 Å². The molecule has 0 atom stereocenters. The molecule has 0 aliphatic rings. The first-order valence-electron chi connectivity index (χ1n) is 6.27. The summed E-state index contributed by atoms with van der Waals surface area (Å²) in [4.78, 5) is 2.13. The molecule has 0 saturated carbocycles. The summed E-state index contributed by atoms with van der Waals surface area (Å²) < 4.78 is 28.5. The molecule has 0 saturated heterocycles. The van der Waals surface area contributed by atoms with E-state index in [1.165, 1.54) is 0 Å². The summed E-state index contributed by atoms with van der Waals surface area (Å²) in [7, 11) is -1.47. The molecule has 1 aromatic rings. The second kappa shape index (κ2) is 5.66. The van der Waals surface area contributed by atoms with E-state index in [0.717, 1.165) is 18.1 Å². The zero-order valence-electron chi connectivity index (χ0n) is 12.2. The Kier molecular flexibility index (Phi) is 4.84. The van der Waals surface area contributed by atoms with Crippen LogP contribution in [-0.4, -0.2) is 32.1 Å². The van der Waals surface area contributed by atoms with Crippen LogP contribution in [0.4, 0.5) is 10.8 Å². The Labute approximate surface area is 119 Å². The van der Waals surface area contributed by atoms with Gasteiger partial charge in [-0.1, -0.05) is 27.7 Å². The minimum atomic E-state index is -3.35. The first-order valence-corrected chi connectivity index (χ1v) is 8.70. The third-order valence-electron chi connectivity index (χ3n) is 2.50. The van der Waals surface area contributed by atoms with E-state index in [2.05, 4.69) is 25.1 Å². The Morgan fingerprint density at radius 1 is 1.37 bits per heavy atom. The fourth-order valence-corrected chi connectivity index (χ4v) is 4.72. The van der Waals surface area contributed by atoms with E-state index in [0.29, 0.717) is 11.4 Å². The van der Waals surface area contributed by atoms with Gasteiger partial charge in [-0.15, -0.1) is 0 Å². The third-order valence-corrected chi connectivity index (χ3v) is 5.58. The number of hydrogen-bond donors (Lipinski definition) is 1. The molecule has 0 amide bonds. The molecule has 110 valence electrons. The number of nitrogens with two attached hydrogens (primary N) is 1. The SMILES string of the molecule is CCCS(=O)(=O)c1c(N)nsc1N(C)CC(C)(C)C. The standard InChI is InChI=1S/C12H23N3O2S2/c1-6-7-19(16,17)9-10(13)14-18-11(9)15(5)8-12(2,3)4/h6-8H2,1-5H3,(H2,13,14). The van der Waals surface area contributed by atoms with Gasteiger partial charge in [-0.25, -0.2) is 8.42 Å². The number of anilines is 2. The van der Waals surface area contributed by atoms with Crippen molar-refractivity contribution in [1.29, 1.82) is 0 Å². The normalized spacial score (nSPS) is 12.7. The molecular formula is C12H23N3O2S2. The Morgan fingerprint density at radius 2 is 1.95 bits per heavy atom. The molecule has 0 aliphatic heterocycles. The van der Waals surface area contributed by atoms with Gasteiger partial charge in [-0.3, -0.25) is 0 Å². The molecule has 0 radical (unpaired) electrons. The molecule has 0 spiro atoms. The molecular weight excluding hydrogens is 282 g/mol. The Hall–Kier alpha value is -0.820. The predicted molar refractivity (Wildman–Crippen MR) is 81.6 cm³/mol. The summed E-state index contributed by atoms with van der Waals surface area (Å²) in [5.41, 5.74) is 5.82. The lowest BCUT2D eigenvalue weighted by molar-refractivity contribution is 0.419. The van der Waals surface area contributed by atoms with Crippen molar-refractivity contribution in [1.82, 2.24) is 4.37 Å². The van der Waals surface area contributed by atoms with Crippen molar-refractivity contribution < 1.29 is 8.42 Å². The van der Waals surface area contributed by atoms with E-state index in [4.69, 9.17) is 5.73 Å². The van der Waals surface area contributed by atoms with Crippen LogP contribution < -0.4 is 10.6 Å².